The van der Waals surface area contributed by atoms with Crippen LogP contribution in [0.3, 0.4) is 0 Å². The highest BCUT2D eigenvalue weighted by atomic mass is 16.6. The van der Waals surface area contributed by atoms with Gasteiger partial charge in [-0.05, 0) is 29.8 Å². The summed E-state index contributed by atoms with van der Waals surface area (Å²) in [5, 5.41) is 21.7. The molecule has 1 aliphatic heterocycles. The number of aliphatic hydroxyl groups excluding tert-OH is 1. The van der Waals surface area contributed by atoms with Crippen LogP contribution < -0.4 is 0 Å². The number of rotatable bonds is 6. The highest BCUT2D eigenvalue weighted by Crippen LogP contribution is 2.40. The van der Waals surface area contributed by atoms with Crippen LogP contribution in [0.1, 0.15) is 27.9 Å². The maximum Gasteiger partial charge on any atom is 0.290 e. The molecule has 9 heteroatoms. The number of hydrogen-bond acceptors (Lipinski definition) is 7. The number of nitro benzene ring substituents is 1. The molecule has 0 aliphatic carbocycles. The first-order valence-electron chi connectivity index (χ1n) is 8.56. The summed E-state index contributed by atoms with van der Waals surface area (Å²) in [6.45, 7) is -0.0435. The molecule has 146 valence electrons. The molecule has 3 heterocycles. The van der Waals surface area contributed by atoms with Crippen LogP contribution in [0.4, 0.5) is 5.69 Å². The minimum absolute atomic E-state index is 0.0435. The van der Waals surface area contributed by atoms with Gasteiger partial charge < -0.3 is 18.8 Å². The van der Waals surface area contributed by atoms with Crippen LogP contribution in [-0.2, 0) is 11.3 Å². The Balaban J connectivity index is 1.83. The Morgan fingerprint density at radius 2 is 1.90 bits per heavy atom. The fourth-order valence-electron chi connectivity index (χ4n) is 3.31. The number of Topliss-reactive ketones (excluding diaryl/α,β-unsaturated/α-hetero) is 1. The number of benzene rings is 1. The van der Waals surface area contributed by atoms with Crippen molar-refractivity contribution < 1.29 is 28.5 Å². The standard InChI is InChI=1S/C20H14N2O7/c23-18(15-7-3-9-29-15)16-17(12-4-1-5-13(10-12)22(26)27)21(20(25)19(16)24)11-14-6-2-8-28-14/h1-10,17,24H,11H2/t17-/m0/s1. The molecule has 0 fully saturated rings. The molecule has 1 aromatic carbocycles. The van der Waals surface area contributed by atoms with E-state index in [4.69, 9.17) is 8.83 Å². The predicted molar refractivity (Wildman–Crippen MR) is 97.8 cm³/mol. The number of hydrogen-bond donors (Lipinski definition) is 1. The Labute approximate surface area is 163 Å². The second kappa shape index (κ2) is 7.12. The van der Waals surface area contributed by atoms with Gasteiger partial charge in [0.2, 0.25) is 5.78 Å². The lowest BCUT2D eigenvalue weighted by Gasteiger charge is -2.25. The summed E-state index contributed by atoms with van der Waals surface area (Å²) in [5.41, 5.74) is -0.112. The van der Waals surface area contributed by atoms with Gasteiger partial charge in [0.1, 0.15) is 5.76 Å². The van der Waals surface area contributed by atoms with Gasteiger partial charge in [-0.3, -0.25) is 19.7 Å². The molecule has 29 heavy (non-hydrogen) atoms. The molecule has 0 saturated heterocycles. The summed E-state index contributed by atoms with van der Waals surface area (Å²) in [6.07, 6.45) is 2.73. The van der Waals surface area contributed by atoms with Crippen LogP contribution in [0.25, 0.3) is 0 Å². The average molecular weight is 394 g/mol. The number of ketones is 1. The largest absolute Gasteiger partial charge is 0.503 e. The second-order valence-corrected chi connectivity index (χ2v) is 6.34. The van der Waals surface area contributed by atoms with Crippen molar-refractivity contribution in [3.63, 3.8) is 0 Å². The van der Waals surface area contributed by atoms with Crippen molar-refractivity contribution >= 4 is 17.4 Å². The maximum atomic E-state index is 13.0. The topological polar surface area (TPSA) is 127 Å². The van der Waals surface area contributed by atoms with E-state index < -0.39 is 28.4 Å². The molecular weight excluding hydrogens is 380 g/mol. The Hall–Kier alpha value is -4.14. The van der Waals surface area contributed by atoms with Gasteiger partial charge in [-0.2, -0.15) is 0 Å². The van der Waals surface area contributed by atoms with Gasteiger partial charge in [0.25, 0.3) is 11.6 Å². The summed E-state index contributed by atoms with van der Waals surface area (Å²) in [5.74, 6) is -1.83. The van der Waals surface area contributed by atoms with E-state index >= 15 is 0 Å². The molecule has 0 saturated carbocycles. The van der Waals surface area contributed by atoms with Crippen LogP contribution in [0.15, 0.2) is 81.2 Å². The normalized spacial score (nSPS) is 16.5. The van der Waals surface area contributed by atoms with Gasteiger partial charge in [-0.25, -0.2) is 0 Å². The predicted octanol–water partition coefficient (Wildman–Crippen LogP) is 3.56. The Kier molecular flexibility index (Phi) is 4.47. The average Bonchev–Trinajstić information content (AvgIpc) is 3.46. The molecule has 2 aromatic heterocycles. The van der Waals surface area contributed by atoms with E-state index in [1.54, 1.807) is 18.2 Å². The van der Waals surface area contributed by atoms with Gasteiger partial charge in [0, 0.05) is 12.1 Å². The third-order valence-electron chi connectivity index (χ3n) is 4.60. The molecule has 0 bridgehead atoms. The van der Waals surface area contributed by atoms with Crippen LogP contribution in [0.5, 0.6) is 0 Å². The number of non-ortho nitro benzene ring substituents is 1. The zero-order valence-corrected chi connectivity index (χ0v) is 14.8. The number of amides is 1. The van der Waals surface area contributed by atoms with Crippen molar-refractivity contribution in [1.29, 1.82) is 0 Å². The Bertz CT molecular complexity index is 1110. The minimum atomic E-state index is -1.05. The zero-order valence-electron chi connectivity index (χ0n) is 14.8. The monoisotopic (exact) mass is 394 g/mol. The molecule has 3 aromatic rings. The summed E-state index contributed by atoms with van der Waals surface area (Å²) in [7, 11) is 0. The lowest BCUT2D eigenvalue weighted by atomic mass is 9.94. The summed E-state index contributed by atoms with van der Waals surface area (Å²) < 4.78 is 10.4. The minimum Gasteiger partial charge on any atom is -0.503 e. The van der Waals surface area contributed by atoms with Crippen LogP contribution in [0, 0.1) is 10.1 Å². The molecule has 1 aliphatic rings. The van der Waals surface area contributed by atoms with Gasteiger partial charge >= 0.3 is 0 Å². The van der Waals surface area contributed by atoms with Gasteiger partial charge in [-0.15, -0.1) is 0 Å². The number of nitro groups is 1. The number of furan rings is 2. The SMILES string of the molecule is O=C(C1=C(O)C(=O)N(Cc2ccco2)[C@H]1c1cccc([N+](=O)[O-])c1)c1ccco1. The van der Waals surface area contributed by atoms with Gasteiger partial charge in [0.15, 0.2) is 11.5 Å². The van der Waals surface area contributed by atoms with Gasteiger partial charge in [-0.1, -0.05) is 12.1 Å². The first-order valence-corrected chi connectivity index (χ1v) is 8.56. The molecule has 1 atom stereocenters. The van der Waals surface area contributed by atoms with Crippen molar-refractivity contribution in [3.8, 4) is 0 Å². The van der Waals surface area contributed by atoms with E-state index in [-0.39, 0.29) is 23.6 Å². The molecule has 9 nitrogen and oxygen atoms in total. The summed E-state index contributed by atoms with van der Waals surface area (Å²) in [6, 6.07) is 10.7. The highest BCUT2D eigenvalue weighted by molar-refractivity contribution is 6.15. The van der Waals surface area contributed by atoms with Gasteiger partial charge in [0.05, 0.1) is 35.6 Å². The Morgan fingerprint density at radius 1 is 1.14 bits per heavy atom. The smallest absolute Gasteiger partial charge is 0.290 e. The van der Waals surface area contributed by atoms with Crippen molar-refractivity contribution in [2.24, 2.45) is 0 Å². The lowest BCUT2D eigenvalue weighted by molar-refractivity contribution is -0.384. The van der Waals surface area contributed by atoms with Crippen molar-refractivity contribution in [2.75, 3.05) is 0 Å². The van der Waals surface area contributed by atoms with E-state index in [1.807, 2.05) is 0 Å². The second-order valence-electron chi connectivity index (χ2n) is 6.34. The first kappa shape index (κ1) is 18.2. The molecule has 0 radical (unpaired) electrons. The van der Waals surface area contributed by atoms with E-state index in [1.165, 1.54) is 47.8 Å². The quantitative estimate of drug-likeness (QED) is 0.385. The number of nitrogens with zero attached hydrogens (tertiary/aromatic N) is 2. The van der Waals surface area contributed by atoms with E-state index in [9.17, 15) is 24.8 Å². The van der Waals surface area contributed by atoms with Crippen LogP contribution >= 0.6 is 0 Å². The van der Waals surface area contributed by atoms with Crippen LogP contribution in [-0.4, -0.2) is 26.6 Å². The third kappa shape index (κ3) is 3.18. The molecule has 1 N–H and O–H groups in total. The van der Waals surface area contributed by atoms with Crippen molar-refractivity contribution in [3.05, 3.63) is 99.6 Å². The highest BCUT2D eigenvalue weighted by Gasteiger charge is 2.45. The molecule has 0 spiro atoms. The summed E-state index contributed by atoms with van der Waals surface area (Å²) >= 11 is 0. The molecule has 0 unspecified atom stereocenters. The fraction of sp³-hybridized carbons (Fsp3) is 0.100. The maximum absolute atomic E-state index is 13.0. The number of aliphatic hydroxyl groups is 1. The van der Waals surface area contributed by atoms with E-state index in [2.05, 4.69) is 0 Å². The lowest BCUT2D eigenvalue weighted by Crippen LogP contribution is -2.30. The van der Waals surface area contributed by atoms with Crippen molar-refractivity contribution in [2.45, 2.75) is 12.6 Å². The molecule has 1 amide bonds. The number of carbonyl (C=O) groups is 2. The first-order chi connectivity index (χ1) is 14.0. The fourth-order valence-corrected chi connectivity index (χ4v) is 3.31. The Morgan fingerprint density at radius 3 is 2.55 bits per heavy atom. The zero-order chi connectivity index (χ0) is 20.5. The van der Waals surface area contributed by atoms with E-state index in [0.29, 0.717) is 11.3 Å². The summed E-state index contributed by atoms with van der Waals surface area (Å²) in [4.78, 5) is 37.6. The van der Waals surface area contributed by atoms with Crippen LogP contribution in [0.2, 0.25) is 0 Å². The van der Waals surface area contributed by atoms with E-state index in [0.717, 1.165) is 0 Å². The third-order valence-corrected chi connectivity index (χ3v) is 4.60. The van der Waals surface area contributed by atoms with Crippen molar-refractivity contribution in [1.82, 2.24) is 4.90 Å². The molecule has 4 rings (SSSR count). The molecular formula is C20H14N2O7. The number of carbonyl (C=O) groups excluding carboxylic acids is 2.